The van der Waals surface area contributed by atoms with Gasteiger partial charge in [-0.05, 0) is 12.1 Å². The van der Waals surface area contributed by atoms with Crippen LogP contribution in [0.4, 0.5) is 14.9 Å². The van der Waals surface area contributed by atoms with Gasteiger partial charge in [0.05, 0.1) is 7.11 Å². The summed E-state index contributed by atoms with van der Waals surface area (Å²) >= 11 is 1.17. The molecule has 25 heavy (non-hydrogen) atoms. The lowest BCUT2D eigenvalue weighted by Crippen LogP contribution is -2.11. The highest BCUT2D eigenvalue weighted by Crippen LogP contribution is 2.36. The molecule has 0 saturated heterocycles. The minimum absolute atomic E-state index is 0.265. The molecule has 126 valence electrons. The number of anilines is 2. The summed E-state index contributed by atoms with van der Waals surface area (Å²) in [5.74, 6) is -0.265. The van der Waals surface area contributed by atoms with Crippen molar-refractivity contribution in [1.29, 1.82) is 0 Å². The molecule has 0 fully saturated rings. The van der Waals surface area contributed by atoms with Gasteiger partial charge in [-0.15, -0.1) is 0 Å². The van der Waals surface area contributed by atoms with Crippen LogP contribution in [0.2, 0.25) is 0 Å². The van der Waals surface area contributed by atoms with Crippen LogP contribution >= 0.6 is 11.3 Å². The van der Waals surface area contributed by atoms with Crippen molar-refractivity contribution in [2.24, 2.45) is 0 Å². The predicted octanol–water partition coefficient (Wildman–Crippen LogP) is 4.24. The van der Waals surface area contributed by atoms with Crippen molar-refractivity contribution in [1.82, 2.24) is 4.98 Å². The summed E-state index contributed by atoms with van der Waals surface area (Å²) in [5.41, 5.74) is 1.92. The van der Waals surface area contributed by atoms with Gasteiger partial charge in [0.2, 0.25) is 0 Å². The zero-order chi connectivity index (χ0) is 17.6. The van der Waals surface area contributed by atoms with E-state index >= 15 is 0 Å². The molecule has 3 rings (SSSR count). The minimum atomic E-state index is -0.596. The number of ether oxygens (including phenoxy) is 1. The van der Waals surface area contributed by atoms with Gasteiger partial charge >= 0.3 is 6.09 Å². The summed E-state index contributed by atoms with van der Waals surface area (Å²) in [7, 11) is 1.29. The Bertz CT molecular complexity index is 879. The lowest BCUT2D eigenvalue weighted by atomic mass is 10.2. The van der Waals surface area contributed by atoms with Crippen LogP contribution < -0.4 is 10.6 Å². The standard InChI is InChI=1S/C18H15N3O3S/c1-24-18(23)21-16-14(12-8-4-2-5-9-12)19-17(25-16)20-15(22)13-10-6-3-7-11-13/h2-11H,1H3,(H,21,23)(H,19,20,22). The number of carbonyl (C=O) groups is 2. The molecule has 2 aromatic carbocycles. The summed E-state index contributed by atoms with van der Waals surface area (Å²) in [6.07, 6.45) is -0.596. The Balaban J connectivity index is 1.90. The molecule has 0 atom stereocenters. The molecular weight excluding hydrogens is 338 g/mol. The van der Waals surface area contributed by atoms with Gasteiger partial charge < -0.3 is 4.74 Å². The molecule has 0 spiro atoms. The number of hydrogen-bond donors (Lipinski definition) is 2. The highest BCUT2D eigenvalue weighted by atomic mass is 32.1. The molecule has 7 heteroatoms. The summed E-state index contributed by atoms with van der Waals surface area (Å²) in [4.78, 5) is 28.3. The smallest absolute Gasteiger partial charge is 0.412 e. The fraction of sp³-hybridized carbons (Fsp3) is 0.0556. The molecule has 3 aromatic rings. The number of aromatic nitrogens is 1. The number of benzene rings is 2. The maximum Gasteiger partial charge on any atom is 0.412 e. The third kappa shape index (κ3) is 4.02. The Labute approximate surface area is 148 Å². The van der Waals surface area contributed by atoms with Crippen LogP contribution in [0, 0.1) is 0 Å². The highest BCUT2D eigenvalue weighted by molar-refractivity contribution is 7.20. The molecule has 0 saturated carbocycles. The van der Waals surface area contributed by atoms with E-state index in [-0.39, 0.29) is 5.91 Å². The maximum absolute atomic E-state index is 12.3. The molecule has 6 nitrogen and oxygen atoms in total. The second kappa shape index (κ2) is 7.59. The fourth-order valence-corrected chi connectivity index (χ4v) is 3.02. The van der Waals surface area contributed by atoms with Crippen molar-refractivity contribution in [3.8, 4) is 11.3 Å². The number of rotatable bonds is 4. The first kappa shape index (κ1) is 16.7. The van der Waals surface area contributed by atoms with Gasteiger partial charge in [0, 0.05) is 11.1 Å². The predicted molar refractivity (Wildman–Crippen MR) is 98.0 cm³/mol. The van der Waals surface area contributed by atoms with Crippen LogP contribution in [0.25, 0.3) is 11.3 Å². The quantitative estimate of drug-likeness (QED) is 0.735. The Kier molecular flexibility index (Phi) is 5.06. The van der Waals surface area contributed by atoms with E-state index in [4.69, 9.17) is 0 Å². The van der Waals surface area contributed by atoms with Gasteiger partial charge in [0.1, 0.15) is 10.7 Å². The Morgan fingerprint density at radius 1 is 0.960 bits per heavy atom. The summed E-state index contributed by atoms with van der Waals surface area (Å²) < 4.78 is 4.65. The van der Waals surface area contributed by atoms with Crippen molar-refractivity contribution < 1.29 is 14.3 Å². The molecule has 0 radical (unpaired) electrons. The van der Waals surface area contributed by atoms with E-state index in [1.165, 1.54) is 18.4 Å². The lowest BCUT2D eigenvalue weighted by Gasteiger charge is -2.03. The van der Waals surface area contributed by atoms with Crippen molar-refractivity contribution in [2.75, 3.05) is 17.7 Å². The van der Waals surface area contributed by atoms with Gasteiger partial charge in [-0.1, -0.05) is 59.9 Å². The molecule has 0 aliphatic rings. The van der Waals surface area contributed by atoms with E-state index in [1.54, 1.807) is 24.3 Å². The number of amides is 2. The van der Waals surface area contributed by atoms with E-state index in [0.29, 0.717) is 21.4 Å². The van der Waals surface area contributed by atoms with E-state index in [1.807, 2.05) is 36.4 Å². The average Bonchev–Trinajstić information content (AvgIpc) is 3.05. The average molecular weight is 353 g/mol. The summed E-state index contributed by atoms with van der Waals surface area (Å²) in [6.45, 7) is 0. The van der Waals surface area contributed by atoms with Gasteiger partial charge in [-0.2, -0.15) is 0 Å². The van der Waals surface area contributed by atoms with E-state index in [9.17, 15) is 9.59 Å². The van der Waals surface area contributed by atoms with E-state index in [0.717, 1.165) is 5.56 Å². The normalized spacial score (nSPS) is 10.1. The summed E-state index contributed by atoms with van der Waals surface area (Å²) in [5, 5.41) is 6.28. The molecule has 0 aliphatic carbocycles. The molecule has 2 amide bonds. The van der Waals surface area contributed by atoms with Gasteiger partial charge in [0.25, 0.3) is 5.91 Å². The van der Waals surface area contributed by atoms with Crippen LogP contribution in [0.1, 0.15) is 10.4 Å². The summed E-state index contributed by atoms with van der Waals surface area (Å²) in [6, 6.07) is 18.2. The van der Waals surface area contributed by atoms with Gasteiger partial charge in [-0.25, -0.2) is 9.78 Å². The molecule has 0 aliphatic heterocycles. The second-order valence-electron chi connectivity index (χ2n) is 5.00. The third-order valence-corrected chi connectivity index (χ3v) is 4.22. The monoisotopic (exact) mass is 353 g/mol. The van der Waals surface area contributed by atoms with Gasteiger partial charge in [0.15, 0.2) is 5.13 Å². The first-order valence-corrected chi connectivity index (χ1v) is 8.26. The zero-order valence-corrected chi connectivity index (χ0v) is 14.2. The minimum Gasteiger partial charge on any atom is -0.453 e. The van der Waals surface area contributed by atoms with Crippen LogP contribution in [0.15, 0.2) is 60.7 Å². The molecule has 0 bridgehead atoms. The number of hydrogen-bond acceptors (Lipinski definition) is 5. The molecule has 0 unspecified atom stereocenters. The van der Waals surface area contributed by atoms with E-state index in [2.05, 4.69) is 20.4 Å². The maximum atomic E-state index is 12.3. The van der Waals surface area contributed by atoms with Crippen molar-refractivity contribution in [3.05, 3.63) is 66.2 Å². The van der Waals surface area contributed by atoms with Crippen molar-refractivity contribution in [3.63, 3.8) is 0 Å². The topological polar surface area (TPSA) is 80.3 Å². The number of thiazole rings is 1. The fourth-order valence-electron chi connectivity index (χ4n) is 2.15. The van der Waals surface area contributed by atoms with Crippen LogP contribution in [-0.4, -0.2) is 24.1 Å². The largest absolute Gasteiger partial charge is 0.453 e. The SMILES string of the molecule is COC(=O)Nc1sc(NC(=O)c2ccccc2)nc1-c1ccccc1. The molecule has 1 heterocycles. The number of methoxy groups -OCH3 is 1. The number of nitrogens with one attached hydrogen (secondary N) is 2. The molecule has 2 N–H and O–H groups in total. The van der Waals surface area contributed by atoms with Crippen LogP contribution in [0.5, 0.6) is 0 Å². The third-order valence-electron chi connectivity index (χ3n) is 3.33. The number of carbonyl (C=O) groups excluding carboxylic acids is 2. The van der Waals surface area contributed by atoms with Crippen LogP contribution in [-0.2, 0) is 4.74 Å². The van der Waals surface area contributed by atoms with E-state index < -0.39 is 6.09 Å². The Hall–Kier alpha value is -3.19. The highest BCUT2D eigenvalue weighted by Gasteiger charge is 2.17. The first-order chi connectivity index (χ1) is 12.2. The van der Waals surface area contributed by atoms with Gasteiger partial charge in [-0.3, -0.25) is 15.4 Å². The molecular formula is C18H15N3O3S. The van der Waals surface area contributed by atoms with Crippen molar-refractivity contribution in [2.45, 2.75) is 0 Å². The second-order valence-corrected chi connectivity index (χ2v) is 6.00. The molecule has 1 aromatic heterocycles. The van der Waals surface area contributed by atoms with Crippen molar-refractivity contribution >= 4 is 33.5 Å². The van der Waals surface area contributed by atoms with Crippen LogP contribution in [0.3, 0.4) is 0 Å². The number of nitrogens with zero attached hydrogens (tertiary/aromatic N) is 1. The Morgan fingerprint density at radius 2 is 1.60 bits per heavy atom. The first-order valence-electron chi connectivity index (χ1n) is 7.45. The lowest BCUT2D eigenvalue weighted by molar-refractivity contribution is 0.102. The Morgan fingerprint density at radius 3 is 2.24 bits per heavy atom. The zero-order valence-electron chi connectivity index (χ0n) is 13.4.